The minimum Gasteiger partial charge on any atom is -0.397 e. The molecule has 5 nitrogen and oxygen atoms in total. The molecule has 0 bridgehead atoms. The molecule has 1 fully saturated rings. The van der Waals surface area contributed by atoms with Gasteiger partial charge in [0.15, 0.2) is 0 Å². The SMILES string of the molecule is CCNC(=O)c1ccc(N(C)C2CCN(C)CC2)c(N)c1. The Morgan fingerprint density at radius 1 is 1.43 bits per heavy atom. The molecule has 0 aliphatic carbocycles. The largest absolute Gasteiger partial charge is 0.397 e. The van der Waals surface area contributed by atoms with E-state index in [1.165, 1.54) is 0 Å². The Labute approximate surface area is 127 Å². The normalized spacial score (nSPS) is 16.7. The summed E-state index contributed by atoms with van der Waals surface area (Å²) in [6, 6.07) is 6.09. The number of rotatable bonds is 4. The molecule has 0 aromatic heterocycles. The molecule has 3 N–H and O–H groups in total. The minimum atomic E-state index is -0.0716. The summed E-state index contributed by atoms with van der Waals surface area (Å²) in [7, 11) is 4.25. The van der Waals surface area contributed by atoms with E-state index >= 15 is 0 Å². The van der Waals surface area contributed by atoms with Crippen molar-refractivity contribution in [2.75, 3.05) is 44.4 Å². The van der Waals surface area contributed by atoms with Crippen LogP contribution in [0.25, 0.3) is 0 Å². The van der Waals surface area contributed by atoms with Gasteiger partial charge < -0.3 is 20.9 Å². The van der Waals surface area contributed by atoms with Crippen LogP contribution in [0.15, 0.2) is 18.2 Å². The van der Waals surface area contributed by atoms with Crippen LogP contribution in [0.3, 0.4) is 0 Å². The van der Waals surface area contributed by atoms with Crippen LogP contribution in [0.4, 0.5) is 11.4 Å². The van der Waals surface area contributed by atoms with E-state index in [9.17, 15) is 4.79 Å². The number of anilines is 2. The molecule has 1 aliphatic heterocycles. The number of benzene rings is 1. The van der Waals surface area contributed by atoms with Crippen LogP contribution in [0, 0.1) is 0 Å². The van der Waals surface area contributed by atoms with E-state index in [0.29, 0.717) is 23.8 Å². The summed E-state index contributed by atoms with van der Waals surface area (Å²) in [6.45, 7) is 4.76. The first kappa shape index (κ1) is 15.6. The summed E-state index contributed by atoms with van der Waals surface area (Å²) in [5, 5.41) is 2.79. The highest BCUT2D eigenvalue weighted by atomic mass is 16.1. The lowest BCUT2D eigenvalue weighted by Crippen LogP contribution is -2.42. The van der Waals surface area contributed by atoms with Gasteiger partial charge in [0.1, 0.15) is 0 Å². The predicted molar refractivity (Wildman–Crippen MR) is 87.8 cm³/mol. The van der Waals surface area contributed by atoms with Crippen molar-refractivity contribution in [3.05, 3.63) is 23.8 Å². The van der Waals surface area contributed by atoms with Gasteiger partial charge >= 0.3 is 0 Å². The van der Waals surface area contributed by atoms with E-state index in [4.69, 9.17) is 5.73 Å². The molecule has 0 spiro atoms. The van der Waals surface area contributed by atoms with Crippen molar-refractivity contribution < 1.29 is 4.79 Å². The zero-order valence-corrected chi connectivity index (χ0v) is 13.2. The van der Waals surface area contributed by atoms with Crippen molar-refractivity contribution in [1.82, 2.24) is 10.2 Å². The molecule has 0 saturated carbocycles. The average molecular weight is 290 g/mol. The molecule has 0 unspecified atom stereocenters. The fraction of sp³-hybridized carbons (Fsp3) is 0.562. The number of nitrogens with one attached hydrogen (secondary N) is 1. The molecule has 2 rings (SSSR count). The first-order valence-corrected chi connectivity index (χ1v) is 7.62. The van der Waals surface area contributed by atoms with Crippen molar-refractivity contribution in [3.8, 4) is 0 Å². The highest BCUT2D eigenvalue weighted by molar-refractivity contribution is 5.96. The van der Waals surface area contributed by atoms with Gasteiger partial charge in [-0.25, -0.2) is 0 Å². The molecule has 5 heteroatoms. The maximum atomic E-state index is 11.8. The van der Waals surface area contributed by atoms with Gasteiger partial charge in [0.25, 0.3) is 5.91 Å². The van der Waals surface area contributed by atoms with Gasteiger partial charge in [0.2, 0.25) is 0 Å². The molecule has 0 atom stereocenters. The number of amides is 1. The summed E-state index contributed by atoms with van der Waals surface area (Å²) in [5.41, 5.74) is 8.46. The van der Waals surface area contributed by atoms with Gasteiger partial charge in [0.05, 0.1) is 11.4 Å². The van der Waals surface area contributed by atoms with Gasteiger partial charge in [-0.2, -0.15) is 0 Å². The molecule has 1 aromatic carbocycles. The maximum absolute atomic E-state index is 11.8. The van der Waals surface area contributed by atoms with Gasteiger partial charge in [0, 0.05) is 25.2 Å². The number of nitrogens with two attached hydrogens (primary N) is 1. The summed E-state index contributed by atoms with van der Waals surface area (Å²) < 4.78 is 0. The summed E-state index contributed by atoms with van der Waals surface area (Å²) in [6.07, 6.45) is 2.29. The zero-order valence-electron chi connectivity index (χ0n) is 13.2. The lowest BCUT2D eigenvalue weighted by atomic mass is 10.0. The Morgan fingerprint density at radius 3 is 2.67 bits per heavy atom. The number of hydrogen-bond donors (Lipinski definition) is 2. The molecule has 116 valence electrons. The van der Waals surface area contributed by atoms with E-state index in [0.717, 1.165) is 31.6 Å². The quantitative estimate of drug-likeness (QED) is 0.826. The first-order chi connectivity index (χ1) is 10.0. The second kappa shape index (κ2) is 6.80. The Hall–Kier alpha value is -1.75. The van der Waals surface area contributed by atoms with Crippen LogP contribution in [0.2, 0.25) is 0 Å². The third kappa shape index (κ3) is 3.67. The number of piperidine rings is 1. The Kier molecular flexibility index (Phi) is 5.07. The standard InChI is InChI=1S/C16H26N4O/c1-4-18-16(21)12-5-6-15(14(17)11-12)20(3)13-7-9-19(2)10-8-13/h5-6,11,13H,4,7-10,17H2,1-3H3,(H,18,21). The van der Waals surface area contributed by atoms with Crippen molar-refractivity contribution in [3.63, 3.8) is 0 Å². The van der Waals surface area contributed by atoms with E-state index in [1.807, 2.05) is 19.1 Å². The average Bonchev–Trinajstić information content (AvgIpc) is 2.47. The van der Waals surface area contributed by atoms with Crippen LogP contribution >= 0.6 is 0 Å². The van der Waals surface area contributed by atoms with E-state index in [1.54, 1.807) is 6.07 Å². The third-order valence-electron chi connectivity index (χ3n) is 4.24. The monoisotopic (exact) mass is 290 g/mol. The Morgan fingerprint density at radius 2 is 2.10 bits per heavy atom. The lowest BCUT2D eigenvalue weighted by Gasteiger charge is -2.37. The minimum absolute atomic E-state index is 0.0716. The van der Waals surface area contributed by atoms with E-state index in [2.05, 4.69) is 29.2 Å². The van der Waals surface area contributed by atoms with Gasteiger partial charge in [-0.1, -0.05) is 0 Å². The highest BCUT2D eigenvalue weighted by Gasteiger charge is 2.22. The predicted octanol–water partition coefficient (Wildman–Crippen LogP) is 1.55. The molecule has 21 heavy (non-hydrogen) atoms. The number of hydrogen-bond acceptors (Lipinski definition) is 4. The molecule has 1 heterocycles. The molecule has 0 radical (unpaired) electrons. The van der Waals surface area contributed by atoms with Gasteiger partial charge in [-0.05, 0) is 58.1 Å². The zero-order chi connectivity index (χ0) is 15.4. The molecule has 1 aromatic rings. The first-order valence-electron chi connectivity index (χ1n) is 7.62. The van der Waals surface area contributed by atoms with Crippen molar-refractivity contribution >= 4 is 17.3 Å². The summed E-state index contributed by atoms with van der Waals surface area (Å²) >= 11 is 0. The van der Waals surface area contributed by atoms with Crippen LogP contribution in [0.1, 0.15) is 30.1 Å². The van der Waals surface area contributed by atoms with Crippen LogP contribution in [-0.2, 0) is 0 Å². The topological polar surface area (TPSA) is 61.6 Å². The maximum Gasteiger partial charge on any atom is 0.251 e. The lowest BCUT2D eigenvalue weighted by molar-refractivity contribution is 0.0956. The van der Waals surface area contributed by atoms with Crippen LogP contribution < -0.4 is 16.0 Å². The van der Waals surface area contributed by atoms with Crippen LogP contribution in [-0.4, -0.2) is 50.6 Å². The van der Waals surface area contributed by atoms with Crippen molar-refractivity contribution in [1.29, 1.82) is 0 Å². The van der Waals surface area contributed by atoms with Crippen molar-refractivity contribution in [2.24, 2.45) is 0 Å². The van der Waals surface area contributed by atoms with E-state index in [-0.39, 0.29) is 5.91 Å². The van der Waals surface area contributed by atoms with E-state index < -0.39 is 0 Å². The third-order valence-corrected chi connectivity index (χ3v) is 4.24. The fourth-order valence-electron chi connectivity index (χ4n) is 2.86. The fourth-order valence-corrected chi connectivity index (χ4v) is 2.86. The summed E-state index contributed by atoms with van der Waals surface area (Å²) in [4.78, 5) is 16.4. The van der Waals surface area contributed by atoms with Crippen molar-refractivity contribution in [2.45, 2.75) is 25.8 Å². The smallest absolute Gasteiger partial charge is 0.251 e. The van der Waals surface area contributed by atoms with Crippen LogP contribution in [0.5, 0.6) is 0 Å². The number of nitrogen functional groups attached to an aromatic ring is 1. The Balaban J connectivity index is 2.11. The highest BCUT2D eigenvalue weighted by Crippen LogP contribution is 2.28. The molecular weight excluding hydrogens is 264 g/mol. The second-order valence-corrected chi connectivity index (χ2v) is 5.78. The van der Waals surface area contributed by atoms with Gasteiger partial charge in [-0.3, -0.25) is 4.79 Å². The second-order valence-electron chi connectivity index (χ2n) is 5.78. The van der Waals surface area contributed by atoms with Gasteiger partial charge in [-0.15, -0.1) is 0 Å². The number of carbonyl (C=O) groups excluding carboxylic acids is 1. The summed E-state index contributed by atoms with van der Waals surface area (Å²) in [5.74, 6) is -0.0716. The number of likely N-dealkylation sites (tertiary alicyclic amines) is 1. The number of nitrogens with zero attached hydrogens (tertiary/aromatic N) is 2. The molecule has 1 saturated heterocycles. The molecule has 1 aliphatic rings. The molecule has 1 amide bonds. The Bertz CT molecular complexity index is 495. The molecular formula is C16H26N4O. The number of carbonyl (C=O) groups is 1.